The van der Waals surface area contributed by atoms with E-state index in [1.54, 1.807) is 23.5 Å². The quantitative estimate of drug-likeness (QED) is 0.563. The molecule has 3 amide bonds. The Labute approximate surface area is 174 Å². The second-order valence-electron chi connectivity index (χ2n) is 6.77. The fraction of sp³-hybridized carbons (Fsp3) is 0.273. The molecule has 1 aromatic carbocycles. The Morgan fingerprint density at radius 1 is 1.07 bits per heavy atom. The lowest BCUT2D eigenvalue weighted by molar-refractivity contribution is -0.121. The molecule has 0 aliphatic carbocycles. The van der Waals surface area contributed by atoms with Crippen LogP contribution in [-0.4, -0.2) is 29.9 Å². The van der Waals surface area contributed by atoms with Crippen LogP contribution in [0.4, 0.5) is 4.79 Å². The molecule has 152 valence electrons. The minimum absolute atomic E-state index is 0.151. The van der Waals surface area contributed by atoms with Crippen molar-refractivity contribution in [1.82, 2.24) is 15.5 Å². The number of amides is 3. The average Bonchev–Trinajstić information content (AvgIpc) is 3.37. The van der Waals surface area contributed by atoms with Crippen molar-refractivity contribution in [3.05, 3.63) is 81.9 Å². The van der Waals surface area contributed by atoms with Crippen LogP contribution in [-0.2, 0) is 24.3 Å². The average molecular weight is 412 g/mol. The molecule has 0 atom stereocenters. The minimum atomic E-state index is -0.527. The van der Waals surface area contributed by atoms with E-state index in [1.807, 2.05) is 18.2 Å². The smallest absolute Gasteiger partial charge is 0.321 e. The van der Waals surface area contributed by atoms with Crippen molar-refractivity contribution >= 4 is 23.3 Å². The number of urea groups is 1. The zero-order valence-corrected chi connectivity index (χ0v) is 17.2. The van der Waals surface area contributed by atoms with E-state index in [9.17, 15) is 9.59 Å². The van der Waals surface area contributed by atoms with E-state index < -0.39 is 6.03 Å². The number of hydrogen-bond acceptors (Lipinski definition) is 5. The molecule has 0 bridgehead atoms. The van der Waals surface area contributed by atoms with Gasteiger partial charge < -0.3 is 9.73 Å². The monoisotopic (exact) mass is 411 g/mol. The Balaban J connectivity index is 1.52. The minimum Gasteiger partial charge on any atom is -0.467 e. The Kier molecular flexibility index (Phi) is 7.61. The maximum Gasteiger partial charge on any atom is 0.321 e. The first-order chi connectivity index (χ1) is 14.1. The van der Waals surface area contributed by atoms with Crippen LogP contribution >= 0.6 is 11.3 Å². The highest BCUT2D eigenvalue weighted by molar-refractivity contribution is 7.11. The third-order valence-corrected chi connectivity index (χ3v) is 5.34. The number of rotatable bonds is 9. The largest absolute Gasteiger partial charge is 0.467 e. The van der Waals surface area contributed by atoms with E-state index in [-0.39, 0.29) is 19.0 Å². The number of aryl methyl sites for hydroxylation is 1. The number of benzene rings is 1. The van der Waals surface area contributed by atoms with Gasteiger partial charge in [0.05, 0.1) is 19.4 Å². The van der Waals surface area contributed by atoms with E-state index in [4.69, 9.17) is 4.42 Å². The summed E-state index contributed by atoms with van der Waals surface area (Å²) in [4.78, 5) is 28.9. The highest BCUT2D eigenvalue weighted by Crippen LogP contribution is 2.17. The highest BCUT2D eigenvalue weighted by Gasteiger charge is 2.15. The summed E-state index contributed by atoms with van der Waals surface area (Å²) in [6.45, 7) is 3.85. The molecule has 0 fully saturated rings. The van der Waals surface area contributed by atoms with Gasteiger partial charge in [0.25, 0.3) is 0 Å². The maximum absolute atomic E-state index is 12.4. The van der Waals surface area contributed by atoms with Crippen LogP contribution < -0.4 is 10.6 Å². The Bertz CT molecular complexity index is 907. The van der Waals surface area contributed by atoms with Crippen molar-refractivity contribution in [1.29, 1.82) is 0 Å². The third kappa shape index (κ3) is 7.21. The van der Waals surface area contributed by atoms with E-state index in [2.05, 4.69) is 46.7 Å². The van der Waals surface area contributed by atoms with Crippen molar-refractivity contribution in [2.75, 3.05) is 13.1 Å². The molecule has 0 radical (unpaired) electrons. The summed E-state index contributed by atoms with van der Waals surface area (Å²) in [5, 5.41) is 5.01. The maximum atomic E-state index is 12.4. The lowest BCUT2D eigenvalue weighted by atomic mass is 10.1. The van der Waals surface area contributed by atoms with Crippen molar-refractivity contribution in [3.63, 3.8) is 0 Å². The molecular formula is C22H25N3O3S. The molecule has 2 N–H and O–H groups in total. The number of carbonyl (C=O) groups is 2. The van der Waals surface area contributed by atoms with E-state index in [0.717, 1.165) is 13.0 Å². The number of imide groups is 1. The van der Waals surface area contributed by atoms with Crippen LogP contribution in [0, 0.1) is 6.92 Å². The number of furan rings is 1. The molecule has 0 saturated heterocycles. The molecule has 2 aromatic heterocycles. The van der Waals surface area contributed by atoms with Crippen LogP contribution in [0.1, 0.15) is 21.1 Å². The van der Waals surface area contributed by atoms with Gasteiger partial charge in [-0.2, -0.15) is 0 Å². The van der Waals surface area contributed by atoms with Gasteiger partial charge in [-0.1, -0.05) is 30.3 Å². The molecule has 0 aliphatic heterocycles. The summed E-state index contributed by atoms with van der Waals surface area (Å²) < 4.78 is 5.16. The summed E-state index contributed by atoms with van der Waals surface area (Å²) in [6.07, 6.45) is 2.38. The van der Waals surface area contributed by atoms with E-state index in [1.165, 1.54) is 21.6 Å². The molecule has 3 aromatic rings. The molecule has 2 heterocycles. The lowest BCUT2D eigenvalue weighted by Gasteiger charge is -2.21. The van der Waals surface area contributed by atoms with Crippen LogP contribution in [0.5, 0.6) is 0 Å². The van der Waals surface area contributed by atoms with E-state index >= 15 is 0 Å². The van der Waals surface area contributed by atoms with Gasteiger partial charge in [0.15, 0.2) is 0 Å². The number of nitrogens with one attached hydrogen (secondary N) is 2. The molecule has 0 spiro atoms. The molecule has 0 unspecified atom stereocenters. The van der Waals surface area contributed by atoms with E-state index in [0.29, 0.717) is 12.3 Å². The fourth-order valence-corrected chi connectivity index (χ4v) is 3.86. The van der Waals surface area contributed by atoms with Gasteiger partial charge in [-0.25, -0.2) is 4.79 Å². The normalized spacial score (nSPS) is 10.8. The molecular weight excluding hydrogens is 386 g/mol. The van der Waals surface area contributed by atoms with Gasteiger partial charge in [0, 0.05) is 22.8 Å². The molecule has 0 saturated carbocycles. The van der Waals surface area contributed by atoms with Crippen molar-refractivity contribution in [3.8, 4) is 0 Å². The summed E-state index contributed by atoms with van der Waals surface area (Å²) in [5.41, 5.74) is 1.22. The lowest BCUT2D eigenvalue weighted by Crippen LogP contribution is -2.44. The zero-order valence-electron chi connectivity index (χ0n) is 16.4. The van der Waals surface area contributed by atoms with Gasteiger partial charge in [0.1, 0.15) is 5.76 Å². The second kappa shape index (κ2) is 10.6. The van der Waals surface area contributed by atoms with Crippen LogP contribution in [0.25, 0.3) is 0 Å². The Hall–Kier alpha value is -2.90. The first-order valence-electron chi connectivity index (χ1n) is 9.50. The van der Waals surface area contributed by atoms with Crippen molar-refractivity contribution in [2.24, 2.45) is 0 Å². The zero-order chi connectivity index (χ0) is 20.5. The molecule has 29 heavy (non-hydrogen) atoms. The van der Waals surface area contributed by atoms with Crippen LogP contribution in [0.15, 0.2) is 65.3 Å². The van der Waals surface area contributed by atoms with Crippen LogP contribution in [0.2, 0.25) is 0 Å². The summed E-state index contributed by atoms with van der Waals surface area (Å²) in [7, 11) is 0. The first kappa shape index (κ1) is 20.8. The second-order valence-corrected chi connectivity index (χ2v) is 8.14. The number of nitrogens with zero attached hydrogens (tertiary/aromatic N) is 1. The number of hydrogen-bond donors (Lipinski definition) is 2. The highest BCUT2D eigenvalue weighted by atomic mass is 32.1. The first-order valence-corrected chi connectivity index (χ1v) is 10.3. The predicted molar refractivity (Wildman–Crippen MR) is 114 cm³/mol. The summed E-state index contributed by atoms with van der Waals surface area (Å²) >= 11 is 1.72. The topological polar surface area (TPSA) is 74.6 Å². The number of carbonyl (C=O) groups excluding carboxylic acids is 2. The Morgan fingerprint density at radius 3 is 2.59 bits per heavy atom. The summed E-state index contributed by atoms with van der Waals surface area (Å²) in [5.74, 6) is 0.299. The van der Waals surface area contributed by atoms with Crippen molar-refractivity contribution in [2.45, 2.75) is 26.4 Å². The molecule has 7 heteroatoms. The van der Waals surface area contributed by atoms with Gasteiger partial charge in [0.2, 0.25) is 5.91 Å². The van der Waals surface area contributed by atoms with Crippen LogP contribution in [0.3, 0.4) is 0 Å². The van der Waals surface area contributed by atoms with Gasteiger partial charge in [-0.15, -0.1) is 11.3 Å². The molecule has 6 nitrogen and oxygen atoms in total. The third-order valence-electron chi connectivity index (χ3n) is 4.36. The van der Waals surface area contributed by atoms with Gasteiger partial charge >= 0.3 is 6.03 Å². The van der Waals surface area contributed by atoms with Crippen molar-refractivity contribution < 1.29 is 14.0 Å². The predicted octanol–water partition coefficient (Wildman–Crippen LogP) is 3.72. The fourth-order valence-electron chi connectivity index (χ4n) is 2.93. The summed E-state index contributed by atoms with van der Waals surface area (Å²) in [6, 6.07) is 17.3. The number of thiophene rings is 1. The van der Waals surface area contributed by atoms with Gasteiger partial charge in [-0.3, -0.25) is 15.0 Å². The Morgan fingerprint density at radius 2 is 1.90 bits per heavy atom. The molecule has 0 aliphatic rings. The molecule has 3 rings (SSSR count). The van der Waals surface area contributed by atoms with Gasteiger partial charge in [-0.05, 0) is 43.2 Å². The standard InChI is InChI=1S/C22H25N3O3S/c1-17-9-10-20(29-17)15-25(12-11-18-6-3-2-4-7-18)16-21(26)24-22(27)23-14-19-8-5-13-28-19/h2-10,13H,11-12,14-16H2,1H3,(H2,23,24,26,27). The SMILES string of the molecule is Cc1ccc(CN(CCc2ccccc2)CC(=O)NC(=O)NCc2ccco2)s1.